The highest BCUT2D eigenvalue weighted by Crippen LogP contribution is 2.10. The average Bonchev–Trinajstić information content (AvgIpc) is 3.18. The largest absolute Gasteiger partial charge is 0.339 e. The third-order valence-corrected chi connectivity index (χ3v) is 5.71. The van der Waals surface area contributed by atoms with E-state index >= 15 is 0 Å². The first-order valence-corrected chi connectivity index (χ1v) is 10.5. The molecule has 0 N–H and O–H groups in total. The number of aromatic nitrogens is 4. The summed E-state index contributed by atoms with van der Waals surface area (Å²) in [5, 5.41) is 4.43. The van der Waals surface area contributed by atoms with Crippen LogP contribution in [0, 0.1) is 0 Å². The first-order valence-electron chi connectivity index (χ1n) is 10.5. The Kier molecular flexibility index (Phi) is 6.11. The van der Waals surface area contributed by atoms with Crippen LogP contribution in [-0.2, 0) is 29.6 Å². The molecule has 0 bridgehead atoms. The van der Waals surface area contributed by atoms with Gasteiger partial charge in [0.1, 0.15) is 18.3 Å². The van der Waals surface area contributed by atoms with Gasteiger partial charge in [0.15, 0.2) is 5.65 Å². The molecule has 31 heavy (non-hydrogen) atoms. The molecule has 0 aliphatic carbocycles. The minimum atomic E-state index is -0.279. The summed E-state index contributed by atoms with van der Waals surface area (Å²) in [4.78, 5) is 45.5. The van der Waals surface area contributed by atoms with Crippen LogP contribution in [0.15, 0.2) is 47.7 Å². The molecule has 9 nitrogen and oxygen atoms in total. The predicted octanol–water partition coefficient (Wildman–Crippen LogP) is 0.824. The van der Waals surface area contributed by atoms with Crippen LogP contribution in [0.25, 0.3) is 11.0 Å². The number of piperazine rings is 1. The van der Waals surface area contributed by atoms with Gasteiger partial charge in [-0.25, -0.2) is 4.98 Å². The van der Waals surface area contributed by atoms with Gasteiger partial charge in [-0.1, -0.05) is 30.3 Å². The van der Waals surface area contributed by atoms with Gasteiger partial charge in [0.25, 0.3) is 5.56 Å². The van der Waals surface area contributed by atoms with Crippen molar-refractivity contribution in [3.05, 3.63) is 58.8 Å². The molecule has 0 spiro atoms. The monoisotopic (exact) mass is 422 g/mol. The number of aryl methyl sites for hydroxylation is 2. The zero-order valence-corrected chi connectivity index (χ0v) is 17.6. The highest BCUT2D eigenvalue weighted by atomic mass is 16.2. The number of carbonyl (C=O) groups is 2. The van der Waals surface area contributed by atoms with E-state index in [1.807, 2.05) is 23.1 Å². The number of hydrogen-bond acceptors (Lipinski definition) is 5. The van der Waals surface area contributed by atoms with E-state index in [4.69, 9.17) is 0 Å². The van der Waals surface area contributed by atoms with Crippen LogP contribution in [0.2, 0.25) is 0 Å². The molecule has 1 saturated heterocycles. The molecular formula is C22H26N6O3. The lowest BCUT2D eigenvalue weighted by Gasteiger charge is -2.35. The van der Waals surface area contributed by atoms with Crippen molar-refractivity contribution in [3.8, 4) is 0 Å². The van der Waals surface area contributed by atoms with Gasteiger partial charge in [-0.05, 0) is 18.4 Å². The van der Waals surface area contributed by atoms with Crippen LogP contribution in [0.5, 0.6) is 0 Å². The van der Waals surface area contributed by atoms with Gasteiger partial charge in [-0.2, -0.15) is 5.10 Å². The number of carbonyl (C=O) groups excluding carboxylic acids is 2. The van der Waals surface area contributed by atoms with Crippen molar-refractivity contribution < 1.29 is 9.59 Å². The Labute approximate surface area is 179 Å². The van der Waals surface area contributed by atoms with E-state index in [1.165, 1.54) is 27.3 Å². The first-order chi connectivity index (χ1) is 15.0. The minimum absolute atomic E-state index is 0.0678. The average molecular weight is 422 g/mol. The lowest BCUT2D eigenvalue weighted by molar-refractivity contribution is -0.140. The van der Waals surface area contributed by atoms with Crippen molar-refractivity contribution in [3.63, 3.8) is 0 Å². The lowest BCUT2D eigenvalue weighted by atomic mass is 10.1. The van der Waals surface area contributed by atoms with Crippen LogP contribution in [-0.4, -0.2) is 67.1 Å². The number of nitrogens with zero attached hydrogens (tertiary/aromatic N) is 6. The molecule has 1 fully saturated rings. The Morgan fingerprint density at radius 3 is 2.39 bits per heavy atom. The Morgan fingerprint density at radius 1 is 1.00 bits per heavy atom. The molecular weight excluding hydrogens is 396 g/mol. The molecule has 0 radical (unpaired) electrons. The molecule has 3 heterocycles. The van der Waals surface area contributed by atoms with Gasteiger partial charge in [0.2, 0.25) is 11.8 Å². The third-order valence-electron chi connectivity index (χ3n) is 5.71. The molecule has 0 unspecified atom stereocenters. The molecule has 0 saturated carbocycles. The number of amides is 2. The smallest absolute Gasteiger partial charge is 0.264 e. The fraction of sp³-hybridized carbons (Fsp3) is 0.409. The maximum absolute atomic E-state index is 12.7. The number of benzene rings is 1. The first kappa shape index (κ1) is 20.8. The van der Waals surface area contributed by atoms with Crippen molar-refractivity contribution >= 4 is 22.8 Å². The standard InChI is InChI=1S/C22H26N6O3/c1-25-21-18(14-24-25)22(31)28(16-23-21)15-20(30)27-12-10-26(11-13-27)19(29)9-5-8-17-6-3-2-4-7-17/h2-4,6-7,14,16H,5,8-13,15H2,1H3. The molecule has 162 valence electrons. The van der Waals surface area contributed by atoms with Crippen molar-refractivity contribution in [1.82, 2.24) is 29.1 Å². The van der Waals surface area contributed by atoms with Gasteiger partial charge in [0.05, 0.1) is 6.20 Å². The Morgan fingerprint density at radius 2 is 1.68 bits per heavy atom. The topological polar surface area (TPSA) is 93.3 Å². The molecule has 1 aromatic carbocycles. The van der Waals surface area contributed by atoms with Gasteiger partial charge >= 0.3 is 0 Å². The van der Waals surface area contributed by atoms with Crippen LogP contribution < -0.4 is 5.56 Å². The molecule has 9 heteroatoms. The number of hydrogen-bond donors (Lipinski definition) is 0. The predicted molar refractivity (Wildman–Crippen MR) is 115 cm³/mol. The zero-order chi connectivity index (χ0) is 21.8. The SMILES string of the molecule is Cn1ncc2c(=O)n(CC(=O)N3CCN(C(=O)CCCc4ccccc4)CC3)cnc21. The molecule has 4 rings (SSSR count). The normalized spacial score (nSPS) is 14.2. The van der Waals surface area contributed by atoms with Gasteiger partial charge in [-0.3, -0.25) is 23.6 Å². The highest BCUT2D eigenvalue weighted by molar-refractivity contribution is 5.79. The van der Waals surface area contributed by atoms with E-state index in [9.17, 15) is 14.4 Å². The van der Waals surface area contributed by atoms with Crippen molar-refractivity contribution in [2.75, 3.05) is 26.2 Å². The summed E-state index contributed by atoms with van der Waals surface area (Å²) in [5.41, 5.74) is 1.45. The summed E-state index contributed by atoms with van der Waals surface area (Å²) < 4.78 is 2.84. The second-order valence-electron chi connectivity index (χ2n) is 7.78. The van der Waals surface area contributed by atoms with E-state index in [0.717, 1.165) is 12.8 Å². The summed E-state index contributed by atoms with van der Waals surface area (Å²) >= 11 is 0. The Balaban J connectivity index is 1.26. The maximum atomic E-state index is 12.7. The second kappa shape index (κ2) is 9.11. The summed E-state index contributed by atoms with van der Waals surface area (Å²) in [6.07, 6.45) is 5.06. The molecule has 3 aromatic rings. The van der Waals surface area contributed by atoms with Crippen molar-refractivity contribution in [2.24, 2.45) is 7.05 Å². The van der Waals surface area contributed by atoms with Gasteiger partial charge in [0, 0.05) is 39.6 Å². The Hall–Kier alpha value is -3.49. The summed E-state index contributed by atoms with van der Waals surface area (Å²) in [5.74, 6) is -0.0196. The number of rotatable bonds is 6. The van der Waals surface area contributed by atoms with Crippen LogP contribution in [0.4, 0.5) is 0 Å². The fourth-order valence-corrected chi connectivity index (χ4v) is 3.88. The van der Waals surface area contributed by atoms with Gasteiger partial charge < -0.3 is 9.80 Å². The third kappa shape index (κ3) is 4.65. The van der Waals surface area contributed by atoms with Gasteiger partial charge in [-0.15, -0.1) is 0 Å². The summed E-state index contributed by atoms with van der Waals surface area (Å²) in [6, 6.07) is 10.1. The molecule has 2 amide bonds. The quantitative estimate of drug-likeness (QED) is 0.586. The fourth-order valence-electron chi connectivity index (χ4n) is 3.88. The highest BCUT2D eigenvalue weighted by Gasteiger charge is 2.24. The van der Waals surface area contributed by atoms with Crippen LogP contribution >= 0.6 is 0 Å². The van der Waals surface area contributed by atoms with E-state index in [2.05, 4.69) is 22.2 Å². The van der Waals surface area contributed by atoms with Crippen LogP contribution in [0.1, 0.15) is 18.4 Å². The molecule has 1 aliphatic rings. The summed E-state index contributed by atoms with van der Waals surface area (Å²) in [6.45, 7) is 1.91. The molecule has 0 atom stereocenters. The zero-order valence-electron chi connectivity index (χ0n) is 17.6. The number of fused-ring (bicyclic) bond motifs is 1. The van der Waals surface area contributed by atoms with Crippen molar-refractivity contribution in [1.29, 1.82) is 0 Å². The van der Waals surface area contributed by atoms with E-state index < -0.39 is 0 Å². The van der Waals surface area contributed by atoms with E-state index in [1.54, 1.807) is 11.9 Å². The molecule has 2 aromatic heterocycles. The van der Waals surface area contributed by atoms with E-state index in [0.29, 0.717) is 43.6 Å². The second-order valence-corrected chi connectivity index (χ2v) is 7.78. The maximum Gasteiger partial charge on any atom is 0.264 e. The van der Waals surface area contributed by atoms with Crippen LogP contribution in [0.3, 0.4) is 0 Å². The lowest BCUT2D eigenvalue weighted by Crippen LogP contribution is -2.51. The minimum Gasteiger partial charge on any atom is -0.339 e. The Bertz CT molecular complexity index is 1130. The van der Waals surface area contributed by atoms with E-state index in [-0.39, 0.29) is 23.9 Å². The van der Waals surface area contributed by atoms with Crippen molar-refractivity contribution in [2.45, 2.75) is 25.8 Å². The molecule has 1 aliphatic heterocycles. The summed E-state index contributed by atoms with van der Waals surface area (Å²) in [7, 11) is 1.71.